The molecule has 1 heterocycles. The minimum absolute atomic E-state index is 0.177. The smallest absolute Gasteiger partial charge is 0.244 e. The lowest BCUT2D eigenvalue weighted by Gasteiger charge is -2.03. The number of hydrogen-bond donors (Lipinski definition) is 2. The Morgan fingerprint density at radius 2 is 2.47 bits per heavy atom. The van der Waals surface area contributed by atoms with E-state index in [4.69, 9.17) is 5.11 Å². The Labute approximate surface area is 93.4 Å². The Kier molecular flexibility index (Phi) is 4.52. The van der Waals surface area contributed by atoms with Gasteiger partial charge in [0, 0.05) is 17.5 Å². The number of thiophene rings is 1. The first-order chi connectivity index (χ1) is 7.09. The zero-order valence-electron chi connectivity index (χ0n) is 8.86. The number of amides is 1. The topological polar surface area (TPSA) is 49.3 Å². The number of nitrogens with one attached hydrogen (secondary N) is 1. The van der Waals surface area contributed by atoms with Crippen molar-refractivity contribution in [2.45, 2.75) is 20.0 Å². The third-order valence-corrected chi connectivity index (χ3v) is 2.84. The van der Waals surface area contributed by atoms with E-state index in [0.717, 1.165) is 4.88 Å². The van der Waals surface area contributed by atoms with Crippen molar-refractivity contribution in [1.29, 1.82) is 0 Å². The Balaban J connectivity index is 2.44. The predicted molar refractivity (Wildman–Crippen MR) is 62.8 cm³/mol. The second-order valence-electron chi connectivity index (χ2n) is 3.40. The molecule has 3 nitrogen and oxygen atoms in total. The monoisotopic (exact) mass is 225 g/mol. The molecule has 0 bridgehead atoms. The summed E-state index contributed by atoms with van der Waals surface area (Å²) in [5.41, 5.74) is 1.17. The highest BCUT2D eigenvalue weighted by Gasteiger charge is 1.99. The van der Waals surface area contributed by atoms with E-state index in [1.54, 1.807) is 24.3 Å². The van der Waals surface area contributed by atoms with Crippen molar-refractivity contribution in [2.75, 3.05) is 6.54 Å². The molecule has 0 saturated carbocycles. The lowest BCUT2D eigenvalue weighted by molar-refractivity contribution is -0.116. The van der Waals surface area contributed by atoms with Gasteiger partial charge in [-0.1, -0.05) is 0 Å². The van der Waals surface area contributed by atoms with Gasteiger partial charge in [-0.3, -0.25) is 4.79 Å². The number of carbonyl (C=O) groups is 1. The van der Waals surface area contributed by atoms with Gasteiger partial charge in [-0.05, 0) is 36.9 Å². The summed E-state index contributed by atoms with van der Waals surface area (Å²) in [6.07, 6.45) is 2.77. The Hall–Kier alpha value is -1.13. The summed E-state index contributed by atoms with van der Waals surface area (Å²) in [5.74, 6) is -0.177. The standard InChI is InChI=1S/C11H15NO2S/c1-8-5-6-15-10(8)3-4-11(14)12-7-9(2)13/h3-6,9,13H,7H2,1-2H3,(H,12,14)/b4-3+/t9-/m0/s1. The SMILES string of the molecule is Cc1ccsc1/C=C/C(=O)NC[C@H](C)O. The number of aryl methyl sites for hydroxylation is 1. The van der Waals surface area contributed by atoms with Gasteiger partial charge in [-0.15, -0.1) is 11.3 Å². The second-order valence-corrected chi connectivity index (χ2v) is 4.34. The fourth-order valence-corrected chi connectivity index (χ4v) is 1.83. The summed E-state index contributed by atoms with van der Waals surface area (Å²) in [6, 6.07) is 2.01. The molecule has 1 atom stereocenters. The van der Waals surface area contributed by atoms with Crippen molar-refractivity contribution < 1.29 is 9.90 Å². The quantitative estimate of drug-likeness (QED) is 0.764. The van der Waals surface area contributed by atoms with Crippen LogP contribution in [0.3, 0.4) is 0 Å². The molecule has 1 amide bonds. The highest BCUT2D eigenvalue weighted by atomic mass is 32.1. The maximum atomic E-state index is 11.2. The van der Waals surface area contributed by atoms with Crippen LogP contribution in [0.1, 0.15) is 17.4 Å². The van der Waals surface area contributed by atoms with Crippen molar-refractivity contribution in [3.05, 3.63) is 28.0 Å². The Morgan fingerprint density at radius 3 is 3.00 bits per heavy atom. The molecule has 2 N–H and O–H groups in total. The van der Waals surface area contributed by atoms with Crippen molar-refractivity contribution >= 4 is 23.3 Å². The average Bonchev–Trinajstić information content (AvgIpc) is 2.58. The number of rotatable bonds is 4. The van der Waals surface area contributed by atoms with Crippen LogP contribution in [-0.2, 0) is 4.79 Å². The highest BCUT2D eigenvalue weighted by Crippen LogP contribution is 2.16. The molecule has 0 aliphatic heterocycles. The average molecular weight is 225 g/mol. The molecular formula is C11H15NO2S. The van der Waals surface area contributed by atoms with Crippen LogP contribution < -0.4 is 5.32 Å². The molecule has 1 aromatic rings. The van der Waals surface area contributed by atoms with Crippen LogP contribution in [0.5, 0.6) is 0 Å². The van der Waals surface area contributed by atoms with Gasteiger partial charge in [0.2, 0.25) is 5.91 Å². The molecule has 4 heteroatoms. The summed E-state index contributed by atoms with van der Waals surface area (Å²) >= 11 is 1.60. The number of carbonyl (C=O) groups excluding carboxylic acids is 1. The van der Waals surface area contributed by atoms with Crippen molar-refractivity contribution in [1.82, 2.24) is 5.32 Å². The molecule has 15 heavy (non-hydrogen) atoms. The van der Waals surface area contributed by atoms with Crippen LogP contribution in [0.25, 0.3) is 6.08 Å². The maximum absolute atomic E-state index is 11.2. The first-order valence-electron chi connectivity index (χ1n) is 4.77. The van der Waals surface area contributed by atoms with Crippen LogP contribution in [-0.4, -0.2) is 23.7 Å². The molecule has 1 rings (SSSR count). The fraction of sp³-hybridized carbons (Fsp3) is 0.364. The molecule has 0 fully saturated rings. The van der Waals surface area contributed by atoms with Gasteiger partial charge >= 0.3 is 0 Å². The molecule has 0 aliphatic rings. The van der Waals surface area contributed by atoms with Gasteiger partial charge in [-0.25, -0.2) is 0 Å². The Bertz CT molecular complexity index is 355. The van der Waals surface area contributed by atoms with E-state index in [2.05, 4.69) is 5.32 Å². The lowest BCUT2D eigenvalue weighted by atomic mass is 10.3. The summed E-state index contributed by atoms with van der Waals surface area (Å²) in [7, 11) is 0. The van der Waals surface area contributed by atoms with Crippen molar-refractivity contribution in [3.63, 3.8) is 0 Å². The molecule has 0 radical (unpaired) electrons. The third-order valence-electron chi connectivity index (χ3n) is 1.86. The zero-order valence-corrected chi connectivity index (χ0v) is 9.67. The molecule has 0 saturated heterocycles. The van der Waals surface area contributed by atoms with Crippen LogP contribution in [0.4, 0.5) is 0 Å². The van der Waals surface area contributed by atoms with Gasteiger partial charge in [-0.2, -0.15) is 0 Å². The van der Waals surface area contributed by atoms with Crippen molar-refractivity contribution in [3.8, 4) is 0 Å². The van der Waals surface area contributed by atoms with Crippen LogP contribution >= 0.6 is 11.3 Å². The van der Waals surface area contributed by atoms with E-state index >= 15 is 0 Å². The van der Waals surface area contributed by atoms with E-state index in [1.165, 1.54) is 11.6 Å². The van der Waals surface area contributed by atoms with Gasteiger partial charge in [0.15, 0.2) is 0 Å². The molecular weight excluding hydrogens is 210 g/mol. The fourth-order valence-electron chi connectivity index (χ4n) is 1.01. The van der Waals surface area contributed by atoms with E-state index in [0.29, 0.717) is 0 Å². The van der Waals surface area contributed by atoms with Crippen molar-refractivity contribution in [2.24, 2.45) is 0 Å². The molecule has 82 valence electrons. The minimum atomic E-state index is -0.508. The normalized spacial score (nSPS) is 13.0. The minimum Gasteiger partial charge on any atom is -0.392 e. The second kappa shape index (κ2) is 5.68. The highest BCUT2D eigenvalue weighted by molar-refractivity contribution is 7.11. The third kappa shape index (κ3) is 4.27. The number of aliphatic hydroxyl groups is 1. The van der Waals surface area contributed by atoms with Crippen LogP contribution in [0, 0.1) is 6.92 Å². The van der Waals surface area contributed by atoms with Gasteiger partial charge in [0.05, 0.1) is 6.10 Å². The number of hydrogen-bond acceptors (Lipinski definition) is 3. The molecule has 0 spiro atoms. The first kappa shape index (κ1) is 11.9. The molecule has 0 aromatic carbocycles. The van der Waals surface area contributed by atoms with Crippen LogP contribution in [0.15, 0.2) is 17.5 Å². The molecule has 1 aromatic heterocycles. The summed E-state index contributed by atoms with van der Waals surface area (Å²) in [5, 5.41) is 13.5. The first-order valence-corrected chi connectivity index (χ1v) is 5.65. The molecule has 0 aliphatic carbocycles. The number of aliphatic hydroxyl groups excluding tert-OH is 1. The zero-order chi connectivity index (χ0) is 11.3. The summed E-state index contributed by atoms with van der Waals surface area (Å²) in [6.45, 7) is 3.92. The summed E-state index contributed by atoms with van der Waals surface area (Å²) in [4.78, 5) is 12.3. The largest absolute Gasteiger partial charge is 0.392 e. The van der Waals surface area contributed by atoms with E-state index < -0.39 is 6.10 Å². The molecule has 0 unspecified atom stereocenters. The van der Waals surface area contributed by atoms with Gasteiger partial charge < -0.3 is 10.4 Å². The van der Waals surface area contributed by atoms with Crippen LogP contribution in [0.2, 0.25) is 0 Å². The van der Waals surface area contributed by atoms with Gasteiger partial charge in [0.1, 0.15) is 0 Å². The van der Waals surface area contributed by atoms with E-state index in [9.17, 15) is 4.79 Å². The Morgan fingerprint density at radius 1 is 1.73 bits per heavy atom. The van der Waals surface area contributed by atoms with E-state index in [1.807, 2.05) is 18.4 Å². The summed E-state index contributed by atoms with van der Waals surface area (Å²) < 4.78 is 0. The maximum Gasteiger partial charge on any atom is 0.244 e. The van der Waals surface area contributed by atoms with E-state index in [-0.39, 0.29) is 12.5 Å². The predicted octanol–water partition coefficient (Wildman–Crippen LogP) is 1.57. The lowest BCUT2D eigenvalue weighted by Crippen LogP contribution is -2.28. The van der Waals surface area contributed by atoms with Gasteiger partial charge in [0.25, 0.3) is 0 Å².